The van der Waals surface area contributed by atoms with Gasteiger partial charge in [-0.1, -0.05) is 29.4 Å². The van der Waals surface area contributed by atoms with E-state index in [9.17, 15) is 9.90 Å². The summed E-state index contributed by atoms with van der Waals surface area (Å²) in [6, 6.07) is 6.36. The number of hydrogen-bond acceptors (Lipinski definition) is 3. The van der Waals surface area contributed by atoms with Gasteiger partial charge in [-0.25, -0.2) is 4.79 Å². The number of fused-ring (bicyclic) bond motifs is 1. The molecule has 0 fully saturated rings. The molecule has 1 aromatic carbocycles. The van der Waals surface area contributed by atoms with E-state index in [1.165, 1.54) is 0 Å². The van der Waals surface area contributed by atoms with E-state index >= 15 is 0 Å². The van der Waals surface area contributed by atoms with Crippen LogP contribution in [0.1, 0.15) is 0 Å². The number of hydrogen-bond donors (Lipinski definition) is 2. The van der Waals surface area contributed by atoms with Crippen molar-refractivity contribution in [2.24, 2.45) is 16.0 Å². The van der Waals surface area contributed by atoms with Crippen molar-refractivity contribution in [1.82, 2.24) is 4.57 Å². The van der Waals surface area contributed by atoms with E-state index in [-0.39, 0.29) is 11.6 Å². The summed E-state index contributed by atoms with van der Waals surface area (Å²) >= 11 is 0. The van der Waals surface area contributed by atoms with Crippen molar-refractivity contribution in [1.29, 1.82) is 0 Å². The fourth-order valence-electron chi connectivity index (χ4n) is 1.78. The third-order valence-corrected chi connectivity index (χ3v) is 2.48. The van der Waals surface area contributed by atoms with Gasteiger partial charge in [0.15, 0.2) is 5.69 Å². The second kappa shape index (κ2) is 4.70. The first-order valence-corrected chi connectivity index (χ1v) is 5.27. The maximum Gasteiger partial charge on any atom is 0.356 e. The van der Waals surface area contributed by atoms with Gasteiger partial charge in [0.25, 0.3) is 0 Å². The third kappa shape index (κ3) is 1.95. The minimum Gasteiger partial charge on any atom is -0.493 e. The van der Waals surface area contributed by atoms with Gasteiger partial charge in [0.05, 0.1) is 5.52 Å². The van der Waals surface area contributed by atoms with E-state index < -0.39 is 6.03 Å². The smallest absolute Gasteiger partial charge is 0.356 e. The average Bonchev–Trinajstić information content (AvgIpc) is 2.61. The number of carbonyl (C=O) groups excluding carboxylic acids is 1. The average molecular weight is 244 g/mol. The summed E-state index contributed by atoms with van der Waals surface area (Å²) in [4.78, 5) is 10.6. The molecule has 18 heavy (non-hydrogen) atoms. The van der Waals surface area contributed by atoms with Crippen molar-refractivity contribution < 1.29 is 9.90 Å². The predicted octanol–water partition coefficient (Wildman–Crippen LogP) is 2.70. The molecule has 0 saturated carbocycles. The van der Waals surface area contributed by atoms with Crippen LogP contribution < -0.4 is 5.73 Å². The molecule has 6 nitrogen and oxygen atoms in total. The molecular weight excluding hydrogens is 232 g/mol. The van der Waals surface area contributed by atoms with Crippen LogP contribution in [0.25, 0.3) is 10.9 Å². The Hall–Kier alpha value is -2.63. The zero-order valence-electron chi connectivity index (χ0n) is 9.58. The molecule has 2 amide bonds. The number of primary amides is 1. The van der Waals surface area contributed by atoms with Crippen molar-refractivity contribution in [2.75, 3.05) is 0 Å². The second-order valence-corrected chi connectivity index (χ2v) is 3.63. The Kier molecular flexibility index (Phi) is 3.09. The van der Waals surface area contributed by atoms with Crippen LogP contribution in [0.4, 0.5) is 10.5 Å². The number of nitrogens with zero attached hydrogens (tertiary/aromatic N) is 3. The van der Waals surface area contributed by atoms with Gasteiger partial charge in [0, 0.05) is 11.9 Å². The van der Waals surface area contributed by atoms with Crippen molar-refractivity contribution in [3.8, 4) is 5.88 Å². The lowest BCUT2D eigenvalue weighted by Gasteiger charge is -2.01. The zero-order valence-corrected chi connectivity index (χ0v) is 9.58. The first kappa shape index (κ1) is 11.8. The number of aromatic hydroxyl groups is 1. The Morgan fingerprint density at radius 2 is 2.22 bits per heavy atom. The number of aromatic nitrogens is 1. The van der Waals surface area contributed by atoms with E-state index in [4.69, 9.17) is 5.73 Å². The largest absolute Gasteiger partial charge is 0.493 e. The van der Waals surface area contributed by atoms with E-state index in [0.29, 0.717) is 11.9 Å². The molecule has 3 N–H and O–H groups in total. The van der Waals surface area contributed by atoms with Crippen LogP contribution in [0.2, 0.25) is 0 Å². The van der Waals surface area contributed by atoms with Gasteiger partial charge in [-0.2, -0.15) is 0 Å². The fourth-order valence-corrected chi connectivity index (χ4v) is 1.78. The first-order chi connectivity index (χ1) is 8.65. The highest BCUT2D eigenvalue weighted by atomic mass is 16.3. The molecule has 1 heterocycles. The molecule has 0 bridgehead atoms. The van der Waals surface area contributed by atoms with Crippen LogP contribution >= 0.6 is 0 Å². The van der Waals surface area contributed by atoms with Crippen LogP contribution in [0, 0.1) is 0 Å². The standard InChI is InChI=1S/C12H12N4O2/c1-2-7-16-9-6-4-3-5-8(9)10(11(16)17)14-15-12(13)18/h2-6,17H,1,7H2,(H2,13,18). The number of allylic oxidation sites excluding steroid dienone is 1. The summed E-state index contributed by atoms with van der Waals surface area (Å²) < 4.78 is 1.62. The van der Waals surface area contributed by atoms with Crippen molar-refractivity contribution in [3.05, 3.63) is 36.9 Å². The summed E-state index contributed by atoms with van der Waals surface area (Å²) in [6.45, 7) is 4.06. The minimum atomic E-state index is -0.907. The van der Waals surface area contributed by atoms with Gasteiger partial charge < -0.3 is 15.4 Å². The van der Waals surface area contributed by atoms with Crippen molar-refractivity contribution >= 4 is 22.6 Å². The van der Waals surface area contributed by atoms with E-state index in [0.717, 1.165) is 5.52 Å². The van der Waals surface area contributed by atoms with Gasteiger partial charge in [0.1, 0.15) is 0 Å². The Balaban J connectivity index is 2.68. The van der Waals surface area contributed by atoms with Gasteiger partial charge >= 0.3 is 6.03 Å². The number of rotatable bonds is 3. The molecule has 1 aromatic heterocycles. The third-order valence-electron chi connectivity index (χ3n) is 2.48. The maximum absolute atomic E-state index is 10.6. The predicted molar refractivity (Wildman–Crippen MR) is 67.9 cm³/mol. The summed E-state index contributed by atoms with van der Waals surface area (Å²) in [5.74, 6) is -0.0684. The molecule has 0 saturated heterocycles. The molecule has 2 rings (SSSR count). The number of carbonyl (C=O) groups is 1. The lowest BCUT2D eigenvalue weighted by atomic mass is 10.2. The topological polar surface area (TPSA) is 93.0 Å². The fraction of sp³-hybridized carbons (Fsp3) is 0.0833. The molecule has 2 aromatic rings. The summed E-state index contributed by atoms with van der Waals surface area (Å²) in [7, 11) is 0. The zero-order chi connectivity index (χ0) is 13.1. The molecule has 6 heteroatoms. The molecule has 92 valence electrons. The highest BCUT2D eigenvalue weighted by Crippen LogP contribution is 2.38. The number of urea groups is 1. The van der Waals surface area contributed by atoms with Gasteiger partial charge in [-0.15, -0.1) is 11.7 Å². The lowest BCUT2D eigenvalue weighted by molar-refractivity contribution is 0.255. The molecular formula is C12H12N4O2. The minimum absolute atomic E-state index is 0.0684. The molecule has 0 aliphatic heterocycles. The van der Waals surface area contributed by atoms with Gasteiger partial charge in [-0.3, -0.25) is 0 Å². The first-order valence-electron chi connectivity index (χ1n) is 5.27. The van der Waals surface area contributed by atoms with Crippen LogP contribution in [0.15, 0.2) is 47.1 Å². The quantitative estimate of drug-likeness (QED) is 0.641. The van der Waals surface area contributed by atoms with Crippen molar-refractivity contribution in [2.45, 2.75) is 6.54 Å². The molecule has 0 atom stereocenters. The summed E-state index contributed by atoms with van der Waals surface area (Å²) in [5.41, 5.74) is 5.91. The van der Waals surface area contributed by atoms with E-state index in [1.54, 1.807) is 16.7 Å². The summed E-state index contributed by atoms with van der Waals surface area (Å²) in [5, 5.41) is 17.7. The Morgan fingerprint density at radius 3 is 2.89 bits per heavy atom. The number of para-hydroxylation sites is 1. The Labute approximate surface area is 103 Å². The van der Waals surface area contributed by atoms with Crippen LogP contribution in [0.5, 0.6) is 5.88 Å². The highest BCUT2D eigenvalue weighted by Gasteiger charge is 2.15. The number of amides is 2. The molecule has 0 radical (unpaired) electrons. The van der Waals surface area contributed by atoms with Crippen LogP contribution in [0.3, 0.4) is 0 Å². The molecule has 0 spiro atoms. The van der Waals surface area contributed by atoms with Gasteiger partial charge in [0.2, 0.25) is 5.88 Å². The Bertz CT molecular complexity index is 643. The number of benzene rings is 1. The normalized spacial score (nSPS) is 11.1. The van der Waals surface area contributed by atoms with Gasteiger partial charge in [-0.05, 0) is 6.07 Å². The van der Waals surface area contributed by atoms with Crippen LogP contribution in [-0.2, 0) is 6.54 Å². The molecule has 0 unspecified atom stereocenters. The SMILES string of the molecule is C=CCn1c(O)c(N=NC(N)=O)c2ccccc21. The second-order valence-electron chi connectivity index (χ2n) is 3.63. The van der Waals surface area contributed by atoms with Crippen LogP contribution in [-0.4, -0.2) is 15.7 Å². The Morgan fingerprint density at radius 1 is 1.50 bits per heavy atom. The number of nitrogens with two attached hydrogens (primary N) is 1. The number of azo groups is 1. The van der Waals surface area contributed by atoms with E-state index in [1.807, 2.05) is 18.2 Å². The molecule has 0 aliphatic rings. The monoisotopic (exact) mass is 244 g/mol. The van der Waals surface area contributed by atoms with E-state index in [2.05, 4.69) is 16.8 Å². The lowest BCUT2D eigenvalue weighted by Crippen LogP contribution is -2.01. The molecule has 0 aliphatic carbocycles. The maximum atomic E-state index is 10.6. The summed E-state index contributed by atoms with van der Waals surface area (Å²) in [6.07, 6.45) is 1.65. The highest BCUT2D eigenvalue weighted by molar-refractivity contribution is 5.95. The van der Waals surface area contributed by atoms with Crippen molar-refractivity contribution in [3.63, 3.8) is 0 Å².